The molecule has 5 aliphatic heterocycles. The molecular weight excluding hydrogens is 745 g/mol. The summed E-state index contributed by atoms with van der Waals surface area (Å²) < 4.78 is 65.3. The Morgan fingerprint density at radius 2 is 1.62 bits per heavy atom. The number of nitrogens with zero attached hydrogens (tertiary/aromatic N) is 3. The average Bonchev–Trinajstić information content (AvgIpc) is 3.72. The Bertz CT molecular complexity index is 2380. The first kappa shape index (κ1) is 35.6. The highest BCUT2D eigenvalue weighted by molar-refractivity contribution is 6.21. The van der Waals surface area contributed by atoms with Crippen molar-refractivity contribution < 1.29 is 57.6 Å². The number of hydrogen-bond donors (Lipinski definition) is 6. The van der Waals surface area contributed by atoms with Crippen LogP contribution in [0.5, 0.6) is 17.2 Å². The van der Waals surface area contributed by atoms with E-state index in [0.29, 0.717) is 0 Å². The molecular formula is C44H60N4O10. The second-order valence-corrected chi connectivity index (χ2v) is 16.6. The second kappa shape index (κ2) is 16.4. The molecule has 1 fully saturated rings. The molecule has 1 amide bonds. The van der Waals surface area contributed by atoms with Crippen molar-refractivity contribution >= 4 is 28.2 Å². The summed E-state index contributed by atoms with van der Waals surface area (Å²) in [6, 6.07) is 0. The van der Waals surface area contributed by atoms with Gasteiger partial charge in [0.05, 0.1) is 47.3 Å². The first-order valence-electron chi connectivity index (χ1n) is 22.8. The molecule has 7 rings (SSSR count). The molecule has 0 aromatic heterocycles. The van der Waals surface area contributed by atoms with Gasteiger partial charge in [0, 0.05) is 94.9 Å². The maximum Gasteiger partial charge on any atom is 0.312 e. The van der Waals surface area contributed by atoms with Gasteiger partial charge in [-0.3, -0.25) is 14.6 Å². The molecule has 58 heavy (non-hydrogen) atoms. The van der Waals surface area contributed by atoms with Gasteiger partial charge in [-0.2, -0.15) is 0 Å². The maximum atomic E-state index is 14.7. The molecule has 6 N–H and O–H groups in total. The van der Waals surface area contributed by atoms with Gasteiger partial charge in [0.15, 0.2) is 5.75 Å². The number of likely N-dealkylation sites (tertiary alicyclic amines) is 1. The maximum absolute atomic E-state index is 14.7. The summed E-state index contributed by atoms with van der Waals surface area (Å²) in [6.07, 6.45) is 3.72. The Hall–Kier alpha value is -4.34. The topological polar surface area (TPSA) is 203 Å². The number of Topliss-reactive ketones (excluding diaryl/α,β-unsaturated/α-hetero) is 1. The van der Waals surface area contributed by atoms with Crippen LogP contribution in [0.1, 0.15) is 92.2 Å². The summed E-state index contributed by atoms with van der Waals surface area (Å²) in [5.74, 6) is -8.78. The number of hydrogen-bond acceptors (Lipinski definition) is 13. The molecule has 2 aromatic rings. The summed E-state index contributed by atoms with van der Waals surface area (Å²) in [4.78, 5) is 39.6. The van der Waals surface area contributed by atoms with E-state index in [0.717, 1.165) is 0 Å². The van der Waals surface area contributed by atoms with Crippen LogP contribution in [-0.2, 0) is 14.3 Å². The van der Waals surface area contributed by atoms with Gasteiger partial charge in [-0.15, -0.1) is 0 Å². The number of rotatable bonds is 3. The summed E-state index contributed by atoms with van der Waals surface area (Å²) in [5.41, 5.74) is -0.860. The van der Waals surface area contributed by atoms with Crippen LogP contribution in [-0.4, -0.2) is 105 Å². The van der Waals surface area contributed by atoms with Gasteiger partial charge < -0.3 is 50.0 Å². The zero-order valence-electron chi connectivity index (χ0n) is 40.2. The molecule has 316 valence electrons. The summed E-state index contributed by atoms with van der Waals surface area (Å²) in [7, 11) is 1.43. The molecule has 5 bridgehead atoms. The normalized spacial score (nSPS) is 35.8. The van der Waals surface area contributed by atoms with Gasteiger partial charge in [0.2, 0.25) is 0 Å². The van der Waals surface area contributed by atoms with Crippen molar-refractivity contribution in [3.8, 4) is 17.2 Å². The van der Waals surface area contributed by atoms with Crippen molar-refractivity contribution in [2.24, 2.45) is 39.6 Å². The minimum atomic E-state index is -2.74. The van der Waals surface area contributed by atoms with E-state index in [1.807, 2.05) is 0 Å². The zero-order valence-corrected chi connectivity index (χ0v) is 34.2. The van der Waals surface area contributed by atoms with Crippen molar-refractivity contribution in [2.75, 3.05) is 32.1 Å². The van der Waals surface area contributed by atoms with E-state index in [1.54, 1.807) is 44.7 Å². The predicted octanol–water partition coefficient (Wildman–Crippen LogP) is 4.18. The van der Waals surface area contributed by atoms with Crippen LogP contribution < -0.4 is 20.8 Å². The third-order valence-corrected chi connectivity index (χ3v) is 12.5. The van der Waals surface area contributed by atoms with E-state index in [4.69, 9.17) is 27.4 Å². The molecule has 14 nitrogen and oxygen atoms in total. The molecule has 9 atom stereocenters. The van der Waals surface area contributed by atoms with E-state index in [2.05, 4.69) is 10.3 Å². The van der Waals surface area contributed by atoms with Crippen molar-refractivity contribution in [1.82, 2.24) is 4.90 Å². The lowest BCUT2D eigenvalue weighted by Gasteiger charge is -2.38. The Kier molecular flexibility index (Phi) is 10.0. The van der Waals surface area contributed by atoms with Crippen LogP contribution in [0, 0.1) is 36.5 Å². The summed E-state index contributed by atoms with van der Waals surface area (Å²) >= 11 is 0. The molecule has 1 spiro atoms. The number of amides is 1. The first-order chi connectivity index (χ1) is 29.7. The smallest absolute Gasteiger partial charge is 0.312 e. The van der Waals surface area contributed by atoms with Gasteiger partial charge in [-0.25, -0.2) is 4.99 Å². The Morgan fingerprint density at radius 3 is 2.28 bits per heavy atom. The molecule has 5 heterocycles. The molecule has 5 aliphatic rings. The Labute approximate surface area is 348 Å². The van der Waals surface area contributed by atoms with E-state index >= 15 is 0 Å². The lowest BCUT2D eigenvalue weighted by atomic mass is 9.78. The largest absolute Gasteiger partial charge is 0.507 e. The minimum absolute atomic E-state index is 0.00845. The van der Waals surface area contributed by atoms with E-state index < -0.39 is 102 Å². The number of methoxy groups -OCH3 is 1. The molecule has 1 unspecified atom stereocenters. The fourth-order valence-electron chi connectivity index (χ4n) is 8.59. The first-order valence-corrected chi connectivity index (χ1v) is 19.8. The molecule has 14 heteroatoms. The minimum Gasteiger partial charge on any atom is -0.507 e. The van der Waals surface area contributed by atoms with Crippen LogP contribution in [0.25, 0.3) is 10.8 Å². The van der Waals surface area contributed by atoms with Gasteiger partial charge in [-0.05, 0) is 25.8 Å². The number of phenolic OH excluding ortho intramolecular Hbond substituents is 2. The molecule has 0 saturated carbocycles. The number of carbonyl (C=O) groups excluding carboxylic acids is 2. The Balaban J connectivity index is 1.52. The Morgan fingerprint density at radius 1 is 0.966 bits per heavy atom. The summed E-state index contributed by atoms with van der Waals surface area (Å²) in [5, 5.41) is 60.8. The average molecular weight is 811 g/mol. The highest BCUT2D eigenvalue weighted by atomic mass is 16.7. The monoisotopic (exact) mass is 810 g/mol. The highest BCUT2D eigenvalue weighted by Gasteiger charge is 2.50. The van der Waals surface area contributed by atoms with Crippen LogP contribution in [0.2, 0.25) is 0 Å². The van der Waals surface area contributed by atoms with Crippen LogP contribution >= 0.6 is 0 Å². The lowest BCUT2D eigenvalue weighted by Crippen LogP contribution is -2.47. The number of ether oxygens (including phenoxy) is 3. The highest BCUT2D eigenvalue weighted by Crippen LogP contribution is 2.51. The number of aromatic hydroxyl groups is 2. The molecule has 0 radical (unpaired) electrons. The lowest BCUT2D eigenvalue weighted by molar-refractivity contribution is -0.114. The fraction of sp³-hybridized carbons (Fsp3) is 0.591. The number of carbonyl (C=O) groups is 2. The molecule has 2 aromatic carbocycles. The van der Waals surface area contributed by atoms with Crippen molar-refractivity contribution in [3.63, 3.8) is 0 Å². The summed E-state index contributed by atoms with van der Waals surface area (Å²) in [6.45, 7) is 5.90. The van der Waals surface area contributed by atoms with Crippen LogP contribution in [0.3, 0.4) is 0 Å². The molecule has 1 saturated heterocycles. The van der Waals surface area contributed by atoms with Gasteiger partial charge in [0.1, 0.15) is 27.9 Å². The third kappa shape index (κ3) is 7.65. The van der Waals surface area contributed by atoms with E-state index in [-0.39, 0.29) is 82.1 Å². The van der Waals surface area contributed by atoms with Gasteiger partial charge >= 0.3 is 5.79 Å². The number of aliphatic hydroxyl groups is 3. The quantitative estimate of drug-likeness (QED) is 0.242. The van der Waals surface area contributed by atoms with Gasteiger partial charge in [-0.1, -0.05) is 59.6 Å². The standard InChI is InChI=1S/C44H60N4O10/c1-21(2)20-48-17-15-44(16-18-48)46-32-29-30-38(52)27(8)40-31(29)41(54)43(9,58-40)57-19-14-28(56-10)24(5)36(50)26(7)37(51)25(6)35(49)22(3)12-11-13-23(4)42(55)45-34(39(30)53)33(32)47-44/h11-14,19,21-22,24-26,28,35-37,46,49-53H,15-18,20H2,1-10H3/b12-11+,19-14+,23-13-,45-34?/t22-,24-,25-,26+,28+,35-,36-,37-,43?/m0/s1/i1D3,2D3. The number of nitrogens with one attached hydrogen (secondary N) is 1. The molecule has 0 aliphatic carbocycles. The number of allylic oxidation sites excluding steroid dienone is 2. The van der Waals surface area contributed by atoms with Crippen LogP contribution in [0.15, 0.2) is 46.1 Å². The predicted molar refractivity (Wildman–Crippen MR) is 218 cm³/mol. The number of fused-ring (bicyclic) bond motifs is 13. The van der Waals surface area contributed by atoms with E-state index in [1.165, 1.54) is 46.3 Å². The van der Waals surface area contributed by atoms with Crippen LogP contribution in [0.4, 0.5) is 5.69 Å². The van der Waals surface area contributed by atoms with Gasteiger partial charge in [0.25, 0.3) is 11.7 Å². The number of phenols is 2. The number of anilines is 1. The SMILES string of the molecule is [2H]C([2H])([2H])C(CN1CCC2(CC1)N=c1c(c3c4c5c(C)c(O)c3c(O)c1=NC(=O)/C(C)=C\C=C\[C@H](C)[C@H](O)[C@H](C)[C@H](O)[C@H](C)[C@@H](O)[C@@H](C)[C@H](OC)/C=C/OC(C)(O5)C4=O)N2)C([2H])([2H])[2H]. The number of benzene rings is 2. The van der Waals surface area contributed by atoms with Crippen molar-refractivity contribution in [2.45, 2.75) is 111 Å². The number of ketones is 1. The van der Waals surface area contributed by atoms with Crippen molar-refractivity contribution in [1.29, 1.82) is 0 Å². The number of aliphatic hydroxyl groups excluding tert-OH is 3. The van der Waals surface area contributed by atoms with Crippen molar-refractivity contribution in [3.05, 3.63) is 58.0 Å². The fourth-order valence-corrected chi connectivity index (χ4v) is 8.59. The second-order valence-electron chi connectivity index (χ2n) is 16.6. The van der Waals surface area contributed by atoms with E-state index in [9.17, 15) is 35.1 Å². The zero-order chi connectivity index (χ0) is 47.6. The third-order valence-electron chi connectivity index (χ3n) is 12.5. The number of piperidine rings is 1.